The van der Waals surface area contributed by atoms with Gasteiger partial charge >= 0.3 is 7.12 Å². The lowest BCUT2D eigenvalue weighted by Gasteiger charge is -2.20. The summed E-state index contributed by atoms with van der Waals surface area (Å²) < 4.78 is 26.7. The van der Waals surface area contributed by atoms with Crippen LogP contribution >= 0.6 is 0 Å². The molecule has 2 N–H and O–H groups in total. The highest BCUT2D eigenvalue weighted by Gasteiger charge is 2.25. The fraction of sp³-hybridized carbons (Fsp3) is 0.400. The molecule has 0 saturated carbocycles. The Morgan fingerprint density at radius 2 is 1.47 bits per heavy atom. The van der Waals surface area contributed by atoms with Crippen LogP contribution in [0.15, 0.2) is 12.1 Å². The standard InChI is InChI=1S/C10H13BF2O2/c1-10(2,3)6-4-7(12)9(11(14)15)8(13)5-6/h4-5,14-15H,1-3H3. The Balaban J connectivity index is 3.32. The first-order chi connectivity index (χ1) is 6.73. The van der Waals surface area contributed by atoms with E-state index in [0.29, 0.717) is 5.56 Å². The summed E-state index contributed by atoms with van der Waals surface area (Å²) in [7, 11) is -2.13. The van der Waals surface area contributed by atoms with Gasteiger partial charge in [-0.05, 0) is 23.1 Å². The quantitative estimate of drug-likeness (QED) is 0.683. The van der Waals surface area contributed by atoms with Crippen molar-refractivity contribution in [2.45, 2.75) is 26.2 Å². The molecule has 82 valence electrons. The lowest BCUT2D eigenvalue weighted by Crippen LogP contribution is -2.36. The van der Waals surface area contributed by atoms with Gasteiger partial charge in [-0.3, -0.25) is 0 Å². The lowest BCUT2D eigenvalue weighted by atomic mass is 9.76. The number of hydrogen-bond acceptors (Lipinski definition) is 2. The van der Waals surface area contributed by atoms with Gasteiger partial charge in [0.25, 0.3) is 0 Å². The van der Waals surface area contributed by atoms with Crippen molar-refractivity contribution < 1.29 is 18.8 Å². The van der Waals surface area contributed by atoms with Crippen LogP contribution in [0.2, 0.25) is 0 Å². The fourth-order valence-electron chi connectivity index (χ4n) is 1.26. The molecule has 1 aromatic rings. The van der Waals surface area contributed by atoms with Crippen LogP contribution in [0.4, 0.5) is 8.78 Å². The Labute approximate surface area is 87.7 Å². The van der Waals surface area contributed by atoms with Gasteiger partial charge in [0.05, 0.1) is 5.46 Å². The molecule has 0 saturated heterocycles. The van der Waals surface area contributed by atoms with Gasteiger partial charge < -0.3 is 10.0 Å². The van der Waals surface area contributed by atoms with Crippen molar-refractivity contribution in [1.29, 1.82) is 0 Å². The summed E-state index contributed by atoms with van der Waals surface area (Å²) in [5.74, 6) is -1.87. The van der Waals surface area contributed by atoms with E-state index < -0.39 is 24.2 Å². The fourth-order valence-corrected chi connectivity index (χ4v) is 1.26. The molecule has 0 aromatic heterocycles. The topological polar surface area (TPSA) is 40.5 Å². The summed E-state index contributed by atoms with van der Waals surface area (Å²) in [5, 5.41) is 17.5. The second-order valence-corrected chi connectivity index (χ2v) is 4.48. The monoisotopic (exact) mass is 214 g/mol. The highest BCUT2D eigenvalue weighted by atomic mass is 19.1. The van der Waals surface area contributed by atoms with E-state index in [4.69, 9.17) is 10.0 Å². The highest BCUT2D eigenvalue weighted by Crippen LogP contribution is 2.23. The molecule has 0 fully saturated rings. The third-order valence-electron chi connectivity index (χ3n) is 2.20. The number of hydrogen-bond donors (Lipinski definition) is 2. The first-order valence-corrected chi connectivity index (χ1v) is 4.59. The zero-order valence-electron chi connectivity index (χ0n) is 8.88. The Hall–Kier alpha value is -0.935. The molecule has 0 aliphatic rings. The van der Waals surface area contributed by atoms with Gasteiger partial charge in [0, 0.05) is 0 Å². The molecule has 2 nitrogen and oxygen atoms in total. The molecule has 0 amide bonds. The second kappa shape index (κ2) is 3.91. The van der Waals surface area contributed by atoms with Crippen LogP contribution in [-0.4, -0.2) is 17.2 Å². The number of halogens is 2. The van der Waals surface area contributed by atoms with Gasteiger partial charge in [-0.15, -0.1) is 0 Å². The van der Waals surface area contributed by atoms with Gasteiger partial charge in [0.15, 0.2) is 0 Å². The van der Waals surface area contributed by atoms with Crippen molar-refractivity contribution in [2.75, 3.05) is 0 Å². The summed E-state index contributed by atoms with van der Waals surface area (Å²) in [6, 6.07) is 2.25. The van der Waals surface area contributed by atoms with E-state index in [1.807, 2.05) is 20.8 Å². The molecular formula is C10H13BF2O2. The molecule has 0 aliphatic carbocycles. The van der Waals surface area contributed by atoms with E-state index in [1.165, 1.54) is 0 Å². The highest BCUT2D eigenvalue weighted by molar-refractivity contribution is 6.58. The van der Waals surface area contributed by atoms with Gasteiger partial charge in [0.1, 0.15) is 11.6 Å². The molecule has 0 bridgehead atoms. The molecule has 0 radical (unpaired) electrons. The maximum Gasteiger partial charge on any atom is 0.494 e. The van der Waals surface area contributed by atoms with E-state index in [9.17, 15) is 8.78 Å². The van der Waals surface area contributed by atoms with E-state index >= 15 is 0 Å². The molecule has 0 spiro atoms. The van der Waals surface area contributed by atoms with E-state index in [1.54, 1.807) is 0 Å². The third kappa shape index (κ3) is 2.55. The molecule has 0 heterocycles. The Morgan fingerprint density at radius 1 is 1.07 bits per heavy atom. The summed E-state index contributed by atoms with van der Waals surface area (Å²) in [5.41, 5.74) is -0.620. The molecule has 1 rings (SSSR count). The molecular weight excluding hydrogens is 201 g/mol. The molecule has 0 unspecified atom stereocenters. The Kier molecular flexibility index (Phi) is 3.16. The normalized spacial score (nSPS) is 11.7. The SMILES string of the molecule is CC(C)(C)c1cc(F)c(B(O)O)c(F)c1. The first kappa shape index (κ1) is 12.1. The zero-order valence-corrected chi connectivity index (χ0v) is 8.88. The van der Waals surface area contributed by atoms with Crippen molar-refractivity contribution >= 4 is 12.6 Å². The van der Waals surface area contributed by atoms with Gasteiger partial charge in [0.2, 0.25) is 0 Å². The molecule has 0 atom stereocenters. The summed E-state index contributed by atoms with van der Waals surface area (Å²) in [6.45, 7) is 5.45. The lowest BCUT2D eigenvalue weighted by molar-refractivity contribution is 0.419. The predicted molar refractivity (Wildman–Crippen MR) is 54.9 cm³/mol. The molecule has 15 heavy (non-hydrogen) atoms. The van der Waals surface area contributed by atoms with Crippen molar-refractivity contribution in [3.8, 4) is 0 Å². The largest absolute Gasteiger partial charge is 0.494 e. The van der Waals surface area contributed by atoms with E-state index in [0.717, 1.165) is 12.1 Å². The van der Waals surface area contributed by atoms with Crippen LogP contribution in [0.1, 0.15) is 26.3 Å². The summed E-state index contributed by atoms with van der Waals surface area (Å²) in [6.07, 6.45) is 0. The van der Waals surface area contributed by atoms with Crippen molar-refractivity contribution in [2.24, 2.45) is 0 Å². The van der Waals surface area contributed by atoms with E-state index in [2.05, 4.69) is 0 Å². The van der Waals surface area contributed by atoms with Crippen molar-refractivity contribution in [3.63, 3.8) is 0 Å². The van der Waals surface area contributed by atoms with Crippen molar-refractivity contribution in [3.05, 3.63) is 29.3 Å². The average molecular weight is 214 g/mol. The first-order valence-electron chi connectivity index (χ1n) is 4.59. The number of rotatable bonds is 1. The van der Waals surface area contributed by atoms with Crippen LogP contribution < -0.4 is 5.46 Å². The zero-order chi connectivity index (χ0) is 11.8. The number of benzene rings is 1. The average Bonchev–Trinajstić information content (AvgIpc) is 1.99. The Bertz CT molecular complexity index is 349. The molecule has 5 heteroatoms. The van der Waals surface area contributed by atoms with Gasteiger partial charge in [-0.25, -0.2) is 8.78 Å². The maximum absolute atomic E-state index is 13.3. The smallest absolute Gasteiger partial charge is 0.423 e. The van der Waals surface area contributed by atoms with Crippen LogP contribution in [0, 0.1) is 11.6 Å². The van der Waals surface area contributed by atoms with Crippen molar-refractivity contribution in [1.82, 2.24) is 0 Å². The third-order valence-corrected chi connectivity index (χ3v) is 2.20. The van der Waals surface area contributed by atoms with Crippen LogP contribution in [0.25, 0.3) is 0 Å². The minimum Gasteiger partial charge on any atom is -0.423 e. The van der Waals surface area contributed by atoms with Crippen LogP contribution in [0.3, 0.4) is 0 Å². The van der Waals surface area contributed by atoms with Crippen LogP contribution in [0.5, 0.6) is 0 Å². The van der Waals surface area contributed by atoms with Crippen LogP contribution in [-0.2, 0) is 5.41 Å². The summed E-state index contributed by atoms with van der Waals surface area (Å²) >= 11 is 0. The van der Waals surface area contributed by atoms with Gasteiger partial charge in [-0.2, -0.15) is 0 Å². The molecule has 0 aliphatic heterocycles. The summed E-state index contributed by atoms with van der Waals surface area (Å²) in [4.78, 5) is 0. The second-order valence-electron chi connectivity index (χ2n) is 4.48. The maximum atomic E-state index is 13.3. The predicted octanol–water partition coefficient (Wildman–Crippen LogP) is 0.942. The minimum atomic E-state index is -2.13. The van der Waals surface area contributed by atoms with E-state index in [-0.39, 0.29) is 5.41 Å². The minimum absolute atomic E-state index is 0.388. The van der Waals surface area contributed by atoms with Gasteiger partial charge in [-0.1, -0.05) is 20.8 Å². The Morgan fingerprint density at radius 3 is 1.73 bits per heavy atom. The molecule has 1 aromatic carbocycles.